The van der Waals surface area contributed by atoms with Gasteiger partial charge in [-0.3, -0.25) is 0 Å². The molecule has 3 rings (SSSR count). The first-order chi connectivity index (χ1) is 13.4. The van der Waals surface area contributed by atoms with Crippen LogP contribution in [-0.2, 0) is 6.42 Å². The average Bonchev–Trinajstić information content (AvgIpc) is 2.75. The van der Waals surface area contributed by atoms with Crippen LogP contribution in [0.1, 0.15) is 35.4 Å². The van der Waals surface area contributed by atoms with Gasteiger partial charge in [0.15, 0.2) is 0 Å². The van der Waals surface area contributed by atoms with Gasteiger partial charge in [0.1, 0.15) is 5.75 Å². The number of hydrogen-bond donors (Lipinski definition) is 1. The van der Waals surface area contributed by atoms with Gasteiger partial charge in [-0.05, 0) is 55.1 Å². The predicted octanol–water partition coefficient (Wildman–Crippen LogP) is 5.44. The topological polar surface area (TPSA) is 21.3 Å². The summed E-state index contributed by atoms with van der Waals surface area (Å²) in [6.45, 7) is 2.04. The number of nitrogens with one attached hydrogen (secondary N) is 1. The summed E-state index contributed by atoms with van der Waals surface area (Å²) in [7, 11) is 1.74. The van der Waals surface area contributed by atoms with Crippen LogP contribution in [-0.4, -0.2) is 20.2 Å². The molecule has 0 saturated heterocycles. The first-order valence-electron chi connectivity index (χ1n) is 9.81. The van der Waals surface area contributed by atoms with Crippen molar-refractivity contribution in [1.82, 2.24) is 5.32 Å². The number of ether oxygens (including phenoxy) is 1. The van der Waals surface area contributed by atoms with Crippen molar-refractivity contribution in [3.8, 4) is 5.75 Å². The minimum Gasteiger partial charge on any atom is -0.496 e. The number of methoxy groups -OCH3 is 1. The van der Waals surface area contributed by atoms with Crippen molar-refractivity contribution in [3.05, 3.63) is 102 Å². The molecule has 0 aliphatic heterocycles. The lowest BCUT2D eigenvalue weighted by molar-refractivity contribution is 0.409. The fourth-order valence-corrected chi connectivity index (χ4v) is 3.58. The van der Waals surface area contributed by atoms with Gasteiger partial charge in [-0.25, -0.2) is 0 Å². The van der Waals surface area contributed by atoms with Crippen LogP contribution in [0.25, 0.3) is 0 Å². The fourth-order valence-electron chi connectivity index (χ4n) is 3.58. The molecule has 140 valence electrons. The lowest BCUT2D eigenvalue weighted by Crippen LogP contribution is -2.20. The summed E-state index contributed by atoms with van der Waals surface area (Å²) >= 11 is 0. The van der Waals surface area contributed by atoms with E-state index in [4.69, 9.17) is 4.74 Å². The number of para-hydroxylation sites is 1. The third-order valence-corrected chi connectivity index (χ3v) is 5.01. The molecule has 0 radical (unpaired) electrons. The second-order valence-electron chi connectivity index (χ2n) is 6.83. The minimum atomic E-state index is 0.439. The van der Waals surface area contributed by atoms with Crippen LogP contribution >= 0.6 is 0 Å². The van der Waals surface area contributed by atoms with Crippen molar-refractivity contribution in [2.45, 2.75) is 25.2 Å². The van der Waals surface area contributed by atoms with Crippen LogP contribution in [0.15, 0.2) is 84.9 Å². The molecular weight excluding hydrogens is 330 g/mol. The molecular formula is C25H29NO. The third kappa shape index (κ3) is 5.70. The quantitative estimate of drug-likeness (QED) is 0.487. The second-order valence-corrected chi connectivity index (χ2v) is 6.83. The minimum absolute atomic E-state index is 0.439. The Bertz CT molecular complexity index is 746. The number of hydrogen-bond acceptors (Lipinski definition) is 2. The molecule has 0 spiro atoms. The van der Waals surface area contributed by atoms with Crippen molar-refractivity contribution in [2.75, 3.05) is 20.2 Å². The number of benzene rings is 3. The Morgan fingerprint density at radius 2 is 1.33 bits per heavy atom. The number of aryl methyl sites for hydroxylation is 1. The molecule has 2 nitrogen and oxygen atoms in total. The zero-order chi connectivity index (χ0) is 18.7. The molecule has 0 heterocycles. The van der Waals surface area contributed by atoms with E-state index in [1.54, 1.807) is 7.11 Å². The molecule has 0 fully saturated rings. The van der Waals surface area contributed by atoms with Crippen molar-refractivity contribution < 1.29 is 4.74 Å². The van der Waals surface area contributed by atoms with E-state index in [0.717, 1.165) is 38.1 Å². The van der Waals surface area contributed by atoms with E-state index in [9.17, 15) is 0 Å². The zero-order valence-electron chi connectivity index (χ0n) is 16.1. The van der Waals surface area contributed by atoms with Crippen LogP contribution in [0, 0.1) is 0 Å². The normalized spacial score (nSPS) is 10.9. The van der Waals surface area contributed by atoms with E-state index in [1.165, 1.54) is 16.7 Å². The van der Waals surface area contributed by atoms with Crippen LogP contribution in [0.2, 0.25) is 0 Å². The predicted molar refractivity (Wildman–Crippen MR) is 114 cm³/mol. The standard InChI is InChI=1S/C25H29NO/c1-27-25-17-9-8-15-23(25)16-10-19-26-20-18-24(21-11-4-2-5-12-21)22-13-6-3-7-14-22/h2-9,11-15,17,24,26H,10,16,18-20H2,1H3. The van der Waals surface area contributed by atoms with Crippen molar-refractivity contribution in [1.29, 1.82) is 0 Å². The zero-order valence-corrected chi connectivity index (χ0v) is 16.1. The lowest BCUT2D eigenvalue weighted by atomic mass is 9.88. The molecule has 0 aliphatic rings. The fraction of sp³-hybridized carbons (Fsp3) is 0.280. The molecule has 0 atom stereocenters. The molecule has 2 heteroatoms. The van der Waals surface area contributed by atoms with Gasteiger partial charge in [0.2, 0.25) is 0 Å². The Morgan fingerprint density at radius 3 is 1.96 bits per heavy atom. The smallest absolute Gasteiger partial charge is 0.122 e. The lowest BCUT2D eigenvalue weighted by Gasteiger charge is -2.18. The van der Waals surface area contributed by atoms with E-state index in [-0.39, 0.29) is 0 Å². The van der Waals surface area contributed by atoms with Gasteiger partial charge in [0.05, 0.1) is 7.11 Å². The average molecular weight is 360 g/mol. The molecule has 0 bridgehead atoms. The third-order valence-electron chi connectivity index (χ3n) is 5.01. The van der Waals surface area contributed by atoms with E-state index in [1.807, 2.05) is 12.1 Å². The Balaban J connectivity index is 1.48. The van der Waals surface area contributed by atoms with Crippen molar-refractivity contribution in [3.63, 3.8) is 0 Å². The van der Waals surface area contributed by atoms with Gasteiger partial charge in [0.25, 0.3) is 0 Å². The second kappa shape index (κ2) is 10.5. The highest BCUT2D eigenvalue weighted by Gasteiger charge is 2.13. The largest absolute Gasteiger partial charge is 0.496 e. The van der Waals surface area contributed by atoms with Gasteiger partial charge in [0, 0.05) is 5.92 Å². The summed E-state index contributed by atoms with van der Waals surface area (Å²) in [4.78, 5) is 0. The summed E-state index contributed by atoms with van der Waals surface area (Å²) in [5.74, 6) is 1.43. The molecule has 0 unspecified atom stereocenters. The Labute approximate surface area is 163 Å². The van der Waals surface area contributed by atoms with Gasteiger partial charge in [-0.1, -0.05) is 78.9 Å². The Hall–Kier alpha value is -2.58. The van der Waals surface area contributed by atoms with Crippen LogP contribution in [0.3, 0.4) is 0 Å². The SMILES string of the molecule is COc1ccccc1CCCNCCC(c1ccccc1)c1ccccc1. The van der Waals surface area contributed by atoms with Crippen molar-refractivity contribution in [2.24, 2.45) is 0 Å². The van der Waals surface area contributed by atoms with Crippen LogP contribution < -0.4 is 10.1 Å². The monoisotopic (exact) mass is 359 g/mol. The summed E-state index contributed by atoms with van der Waals surface area (Å²) in [6, 6.07) is 29.9. The maximum atomic E-state index is 5.43. The first-order valence-corrected chi connectivity index (χ1v) is 9.81. The maximum absolute atomic E-state index is 5.43. The first kappa shape index (κ1) is 19.2. The molecule has 0 aliphatic carbocycles. The Kier molecular flexibility index (Phi) is 7.49. The maximum Gasteiger partial charge on any atom is 0.122 e. The van der Waals surface area contributed by atoms with Gasteiger partial charge < -0.3 is 10.1 Å². The molecule has 3 aromatic carbocycles. The van der Waals surface area contributed by atoms with Crippen LogP contribution in [0.4, 0.5) is 0 Å². The highest BCUT2D eigenvalue weighted by molar-refractivity contribution is 5.33. The summed E-state index contributed by atoms with van der Waals surface area (Å²) in [6.07, 6.45) is 3.25. The van der Waals surface area contributed by atoms with E-state index in [0.29, 0.717) is 5.92 Å². The molecule has 3 aromatic rings. The van der Waals surface area contributed by atoms with Crippen LogP contribution in [0.5, 0.6) is 5.75 Å². The summed E-state index contributed by atoms with van der Waals surface area (Å²) in [5, 5.41) is 3.62. The molecule has 0 amide bonds. The highest BCUT2D eigenvalue weighted by Crippen LogP contribution is 2.27. The van der Waals surface area contributed by atoms with Gasteiger partial charge in [-0.2, -0.15) is 0 Å². The summed E-state index contributed by atoms with van der Waals surface area (Å²) < 4.78 is 5.43. The van der Waals surface area contributed by atoms with Gasteiger partial charge in [-0.15, -0.1) is 0 Å². The van der Waals surface area contributed by atoms with E-state index in [2.05, 4.69) is 78.1 Å². The molecule has 1 N–H and O–H groups in total. The van der Waals surface area contributed by atoms with E-state index < -0.39 is 0 Å². The van der Waals surface area contributed by atoms with Crippen molar-refractivity contribution >= 4 is 0 Å². The molecule has 0 saturated carbocycles. The van der Waals surface area contributed by atoms with Gasteiger partial charge >= 0.3 is 0 Å². The highest BCUT2D eigenvalue weighted by atomic mass is 16.5. The Morgan fingerprint density at radius 1 is 0.741 bits per heavy atom. The summed E-state index contributed by atoms with van der Waals surface area (Å²) in [5.41, 5.74) is 4.06. The molecule has 27 heavy (non-hydrogen) atoms. The molecule has 0 aromatic heterocycles. The number of rotatable bonds is 10. The van der Waals surface area contributed by atoms with E-state index >= 15 is 0 Å².